The summed E-state index contributed by atoms with van der Waals surface area (Å²) in [7, 11) is 0. The fraction of sp³-hybridized carbons (Fsp3) is 0.308. The van der Waals surface area contributed by atoms with Gasteiger partial charge in [-0.25, -0.2) is 0 Å². The van der Waals surface area contributed by atoms with Crippen LogP contribution < -0.4 is 0 Å². The Morgan fingerprint density at radius 1 is 0.933 bits per heavy atom. The lowest BCUT2D eigenvalue weighted by atomic mass is 10.0. The van der Waals surface area contributed by atoms with E-state index in [1.165, 1.54) is 12.0 Å². The van der Waals surface area contributed by atoms with Crippen LogP contribution in [0.1, 0.15) is 35.6 Å². The zero-order valence-corrected chi connectivity index (χ0v) is 17.8. The van der Waals surface area contributed by atoms with Crippen LogP contribution in [-0.2, 0) is 11.2 Å². The molecule has 3 aromatic rings. The van der Waals surface area contributed by atoms with Gasteiger partial charge in [-0.15, -0.1) is 0 Å². The highest BCUT2D eigenvalue weighted by molar-refractivity contribution is 6.30. The first-order valence-electron chi connectivity index (χ1n) is 10.6. The third kappa shape index (κ3) is 5.42. The van der Waals surface area contributed by atoms with Crippen molar-refractivity contribution in [2.24, 2.45) is 0 Å². The van der Waals surface area contributed by atoms with Crippen LogP contribution in [0.5, 0.6) is 5.75 Å². The molecule has 4 rings (SSSR count). The third-order valence-corrected chi connectivity index (χ3v) is 6.11. The molecular weight excluding hydrogens is 394 g/mol. The van der Waals surface area contributed by atoms with E-state index in [-0.39, 0.29) is 6.10 Å². The Morgan fingerprint density at radius 3 is 2.37 bits per heavy atom. The summed E-state index contributed by atoms with van der Waals surface area (Å²) in [6.07, 6.45) is 3.26. The van der Waals surface area contributed by atoms with Crippen LogP contribution >= 0.6 is 11.6 Å². The van der Waals surface area contributed by atoms with E-state index >= 15 is 0 Å². The molecule has 1 heterocycles. The summed E-state index contributed by atoms with van der Waals surface area (Å²) in [5.41, 5.74) is 3.54. The van der Waals surface area contributed by atoms with Crippen LogP contribution in [0.15, 0.2) is 78.9 Å². The first kappa shape index (κ1) is 20.9. The van der Waals surface area contributed by atoms with Gasteiger partial charge in [0.15, 0.2) is 0 Å². The van der Waals surface area contributed by atoms with Crippen LogP contribution in [0.4, 0.5) is 0 Å². The molecule has 1 N–H and O–H groups in total. The average Bonchev–Trinajstić information content (AvgIpc) is 3.23. The van der Waals surface area contributed by atoms with Gasteiger partial charge < -0.3 is 9.84 Å². The van der Waals surface area contributed by atoms with Crippen molar-refractivity contribution in [3.8, 4) is 5.75 Å². The summed E-state index contributed by atoms with van der Waals surface area (Å²) in [6, 6.07) is 26.3. The molecule has 1 saturated heterocycles. The van der Waals surface area contributed by atoms with Gasteiger partial charge in [0.25, 0.3) is 0 Å². The van der Waals surface area contributed by atoms with Crippen molar-refractivity contribution < 1.29 is 9.84 Å². The van der Waals surface area contributed by atoms with Gasteiger partial charge >= 0.3 is 0 Å². The van der Waals surface area contributed by atoms with E-state index in [9.17, 15) is 5.11 Å². The van der Waals surface area contributed by atoms with Crippen LogP contribution in [0, 0.1) is 0 Å². The predicted molar refractivity (Wildman–Crippen MR) is 122 cm³/mol. The Labute approximate surface area is 183 Å². The Hall–Kier alpha value is -2.33. The summed E-state index contributed by atoms with van der Waals surface area (Å²) in [4.78, 5) is 2.54. The smallest absolute Gasteiger partial charge is 0.115 e. The lowest BCUT2D eigenvalue weighted by Gasteiger charge is -2.27. The second kappa shape index (κ2) is 10.1. The molecule has 0 saturated carbocycles. The van der Waals surface area contributed by atoms with Crippen LogP contribution in [0.25, 0.3) is 0 Å². The zero-order valence-electron chi connectivity index (χ0n) is 17.1. The highest BCUT2D eigenvalue weighted by atomic mass is 35.5. The molecule has 0 radical (unpaired) electrons. The molecule has 1 fully saturated rings. The van der Waals surface area contributed by atoms with Crippen LogP contribution in [0.2, 0.25) is 5.02 Å². The molecular formula is C26H28ClNO2. The maximum atomic E-state index is 9.47. The van der Waals surface area contributed by atoms with E-state index in [4.69, 9.17) is 16.3 Å². The fourth-order valence-electron chi connectivity index (χ4n) is 4.17. The lowest BCUT2D eigenvalue weighted by molar-refractivity contribution is 0.0381. The molecule has 0 amide bonds. The number of phenols is 1. The molecule has 2 atom stereocenters. The van der Waals surface area contributed by atoms with Crippen molar-refractivity contribution in [1.82, 2.24) is 4.90 Å². The molecule has 156 valence electrons. The number of hydrogen-bond donors (Lipinski definition) is 1. The highest BCUT2D eigenvalue weighted by Gasteiger charge is 2.26. The van der Waals surface area contributed by atoms with Gasteiger partial charge in [-0.2, -0.15) is 0 Å². The molecule has 0 spiro atoms. The third-order valence-electron chi connectivity index (χ3n) is 5.85. The van der Waals surface area contributed by atoms with Gasteiger partial charge in [-0.3, -0.25) is 4.90 Å². The van der Waals surface area contributed by atoms with Crippen molar-refractivity contribution in [1.29, 1.82) is 0 Å². The summed E-state index contributed by atoms with van der Waals surface area (Å²) in [5, 5.41) is 10.2. The van der Waals surface area contributed by atoms with Crippen molar-refractivity contribution >= 4 is 11.6 Å². The van der Waals surface area contributed by atoms with Gasteiger partial charge in [0.1, 0.15) is 11.9 Å². The number of likely N-dealkylation sites (tertiary alicyclic amines) is 1. The van der Waals surface area contributed by atoms with Crippen molar-refractivity contribution in [2.45, 2.75) is 31.4 Å². The van der Waals surface area contributed by atoms with Gasteiger partial charge in [0.2, 0.25) is 0 Å². The van der Waals surface area contributed by atoms with Crippen LogP contribution in [-0.4, -0.2) is 35.7 Å². The topological polar surface area (TPSA) is 32.7 Å². The van der Waals surface area contributed by atoms with Crippen molar-refractivity contribution in [2.75, 3.05) is 19.7 Å². The van der Waals surface area contributed by atoms with E-state index in [0.29, 0.717) is 18.4 Å². The molecule has 4 heteroatoms. The maximum absolute atomic E-state index is 9.47. The number of halogens is 1. The monoisotopic (exact) mass is 421 g/mol. The van der Waals surface area contributed by atoms with Crippen molar-refractivity contribution in [3.63, 3.8) is 0 Å². The minimum atomic E-state index is -0.0944. The average molecular weight is 422 g/mol. The lowest BCUT2D eigenvalue weighted by Crippen LogP contribution is -2.35. The Morgan fingerprint density at radius 2 is 1.63 bits per heavy atom. The predicted octanol–water partition coefficient (Wildman–Crippen LogP) is 5.86. The normalized spacial score (nSPS) is 17.8. The zero-order chi connectivity index (χ0) is 20.8. The molecule has 1 unspecified atom stereocenters. The number of phenolic OH excluding ortho intramolecular Hbond substituents is 1. The van der Waals surface area contributed by atoms with E-state index in [1.807, 2.05) is 30.3 Å². The van der Waals surface area contributed by atoms with E-state index in [2.05, 4.69) is 41.3 Å². The first-order chi connectivity index (χ1) is 14.7. The summed E-state index contributed by atoms with van der Waals surface area (Å²) < 4.78 is 6.52. The van der Waals surface area contributed by atoms with Gasteiger partial charge in [0, 0.05) is 17.6 Å². The maximum Gasteiger partial charge on any atom is 0.115 e. The molecule has 0 aliphatic carbocycles. The van der Waals surface area contributed by atoms with Gasteiger partial charge in [0.05, 0.1) is 6.61 Å². The molecule has 0 bridgehead atoms. The minimum absolute atomic E-state index is 0.0944. The minimum Gasteiger partial charge on any atom is -0.508 e. The highest BCUT2D eigenvalue weighted by Crippen LogP contribution is 2.29. The van der Waals surface area contributed by atoms with E-state index < -0.39 is 0 Å². The summed E-state index contributed by atoms with van der Waals surface area (Å²) >= 11 is 6.09. The Kier molecular flexibility index (Phi) is 7.06. The standard InChI is InChI=1S/C26H28ClNO2/c27-23-12-10-22(11-13-23)26(21-5-2-1-3-6-21)30-19-24-7-4-17-28(24)18-16-20-8-14-25(29)15-9-20/h1-3,5-6,8-15,24,26,29H,4,7,16-19H2/t24-,26?/m0/s1. The molecule has 3 aromatic carbocycles. The largest absolute Gasteiger partial charge is 0.508 e. The molecule has 0 aromatic heterocycles. The number of hydrogen-bond acceptors (Lipinski definition) is 3. The number of aromatic hydroxyl groups is 1. The van der Waals surface area contributed by atoms with Gasteiger partial charge in [-0.05, 0) is 66.8 Å². The Balaban J connectivity index is 1.40. The summed E-state index contributed by atoms with van der Waals surface area (Å²) in [6.45, 7) is 2.83. The van der Waals surface area contributed by atoms with Crippen LogP contribution in [0.3, 0.4) is 0 Å². The number of ether oxygens (including phenoxy) is 1. The fourth-order valence-corrected chi connectivity index (χ4v) is 4.30. The molecule has 3 nitrogen and oxygen atoms in total. The molecule has 30 heavy (non-hydrogen) atoms. The number of rotatable bonds is 8. The second-order valence-electron chi connectivity index (χ2n) is 7.92. The van der Waals surface area contributed by atoms with E-state index in [0.717, 1.165) is 42.1 Å². The second-order valence-corrected chi connectivity index (χ2v) is 8.36. The molecule has 1 aliphatic rings. The number of benzene rings is 3. The van der Waals surface area contributed by atoms with Crippen molar-refractivity contribution in [3.05, 3.63) is 101 Å². The SMILES string of the molecule is Oc1ccc(CCN2CCC[C@H]2COC(c2ccccc2)c2ccc(Cl)cc2)cc1. The van der Waals surface area contributed by atoms with Gasteiger partial charge in [-0.1, -0.05) is 66.2 Å². The van der Waals surface area contributed by atoms with E-state index in [1.54, 1.807) is 12.1 Å². The first-order valence-corrected chi connectivity index (χ1v) is 11.0. The quantitative estimate of drug-likeness (QED) is 0.494. The molecule has 1 aliphatic heterocycles. The summed E-state index contributed by atoms with van der Waals surface area (Å²) in [5.74, 6) is 0.320. The number of nitrogens with zero attached hydrogens (tertiary/aromatic N) is 1. The Bertz CT molecular complexity index is 912.